The minimum absolute atomic E-state index is 0.0716. The average Bonchev–Trinajstić information content (AvgIpc) is 2.40. The van der Waals surface area contributed by atoms with Crippen molar-refractivity contribution in [3.8, 4) is 0 Å². The lowest BCUT2D eigenvalue weighted by atomic mass is 10.1. The van der Waals surface area contributed by atoms with Gasteiger partial charge in [-0.2, -0.15) is 26.3 Å². The van der Waals surface area contributed by atoms with Crippen LogP contribution < -0.4 is 4.72 Å². The standard InChI is InChI=1S/C14H18F6N2O3S/c1-22(2,23)5-3-4-21-26(24,25)9-10-6-11(13(15,16)17)8-12(7-10)14(18,19)20/h6-8,21H,3-5,9H2,1-2H3. The van der Waals surface area contributed by atoms with Gasteiger partial charge in [0.25, 0.3) is 0 Å². The highest BCUT2D eigenvalue weighted by atomic mass is 32.2. The molecule has 150 valence electrons. The van der Waals surface area contributed by atoms with Gasteiger partial charge < -0.3 is 9.85 Å². The zero-order chi connectivity index (χ0) is 20.4. The highest BCUT2D eigenvalue weighted by Crippen LogP contribution is 2.36. The Labute approximate surface area is 146 Å². The Kier molecular flexibility index (Phi) is 6.72. The van der Waals surface area contributed by atoms with E-state index in [0.717, 1.165) is 0 Å². The number of hydrogen-bond acceptors (Lipinski definition) is 3. The minimum atomic E-state index is -5.05. The van der Waals surface area contributed by atoms with E-state index in [2.05, 4.69) is 4.72 Å². The predicted molar refractivity (Wildman–Crippen MR) is 82.0 cm³/mol. The Morgan fingerprint density at radius 3 is 1.85 bits per heavy atom. The summed E-state index contributed by atoms with van der Waals surface area (Å²) in [4.78, 5) is 0. The molecule has 5 nitrogen and oxygen atoms in total. The van der Waals surface area contributed by atoms with Gasteiger partial charge in [0.2, 0.25) is 10.0 Å². The third kappa shape index (κ3) is 7.89. The molecular weight excluding hydrogens is 390 g/mol. The molecule has 0 saturated carbocycles. The van der Waals surface area contributed by atoms with E-state index in [-0.39, 0.29) is 25.6 Å². The van der Waals surface area contributed by atoms with Crippen LogP contribution in [0.3, 0.4) is 0 Å². The third-order valence-electron chi connectivity index (χ3n) is 3.20. The highest BCUT2D eigenvalue weighted by Gasteiger charge is 2.37. The van der Waals surface area contributed by atoms with Crippen LogP contribution in [0, 0.1) is 5.21 Å². The number of halogens is 6. The third-order valence-corrected chi connectivity index (χ3v) is 4.56. The quantitative estimate of drug-likeness (QED) is 0.326. The molecule has 0 aliphatic carbocycles. The highest BCUT2D eigenvalue weighted by molar-refractivity contribution is 7.88. The lowest BCUT2D eigenvalue weighted by molar-refractivity contribution is -0.840. The number of rotatable bonds is 7. The SMILES string of the molecule is C[N+](C)([O-])CCCNS(=O)(=O)Cc1cc(C(F)(F)F)cc(C(F)(F)F)c1. The van der Waals surface area contributed by atoms with Gasteiger partial charge >= 0.3 is 12.4 Å². The van der Waals surface area contributed by atoms with E-state index < -0.39 is 49.5 Å². The lowest BCUT2D eigenvalue weighted by Gasteiger charge is -2.33. The topological polar surface area (TPSA) is 69.2 Å². The first-order chi connectivity index (χ1) is 11.5. The molecule has 0 heterocycles. The number of nitrogens with one attached hydrogen (secondary N) is 1. The van der Waals surface area contributed by atoms with E-state index in [9.17, 15) is 40.0 Å². The second-order valence-corrected chi connectivity index (χ2v) is 8.03. The van der Waals surface area contributed by atoms with Crippen LogP contribution in [0.5, 0.6) is 0 Å². The zero-order valence-electron chi connectivity index (χ0n) is 13.9. The van der Waals surface area contributed by atoms with Gasteiger partial charge in [-0.05, 0) is 23.8 Å². The second-order valence-electron chi connectivity index (χ2n) is 6.22. The number of hydrogen-bond donors (Lipinski definition) is 1. The molecule has 0 bridgehead atoms. The minimum Gasteiger partial charge on any atom is -0.633 e. The van der Waals surface area contributed by atoms with Crippen LogP contribution in [0.15, 0.2) is 18.2 Å². The van der Waals surface area contributed by atoms with Crippen LogP contribution in [-0.4, -0.2) is 40.2 Å². The molecular formula is C14H18F6N2O3S. The summed E-state index contributed by atoms with van der Waals surface area (Å²) in [5.74, 6) is -1.05. The molecule has 0 aromatic heterocycles. The van der Waals surface area contributed by atoms with Gasteiger partial charge in [-0.15, -0.1) is 0 Å². The fourth-order valence-corrected chi connectivity index (χ4v) is 3.22. The summed E-state index contributed by atoms with van der Waals surface area (Å²) in [5, 5.41) is 11.3. The molecule has 1 aromatic carbocycles. The molecule has 12 heteroatoms. The Balaban J connectivity index is 2.97. The summed E-state index contributed by atoms with van der Waals surface area (Å²) in [7, 11) is -1.48. The maximum atomic E-state index is 12.8. The van der Waals surface area contributed by atoms with Gasteiger partial charge in [0.05, 0.1) is 37.5 Å². The molecule has 1 rings (SSSR count). The van der Waals surface area contributed by atoms with Gasteiger partial charge in [-0.25, -0.2) is 13.1 Å². The van der Waals surface area contributed by atoms with Gasteiger partial charge in [0, 0.05) is 13.0 Å². The van der Waals surface area contributed by atoms with E-state index in [1.54, 1.807) is 0 Å². The van der Waals surface area contributed by atoms with Crippen LogP contribution in [0.2, 0.25) is 0 Å². The molecule has 0 amide bonds. The molecule has 0 fully saturated rings. The maximum Gasteiger partial charge on any atom is 0.416 e. The van der Waals surface area contributed by atoms with Crippen LogP contribution in [0.4, 0.5) is 26.3 Å². The van der Waals surface area contributed by atoms with E-state index in [0.29, 0.717) is 12.1 Å². The van der Waals surface area contributed by atoms with Crippen molar-refractivity contribution >= 4 is 10.0 Å². The monoisotopic (exact) mass is 408 g/mol. The van der Waals surface area contributed by atoms with Crippen molar-refractivity contribution < 1.29 is 39.4 Å². The zero-order valence-corrected chi connectivity index (χ0v) is 14.7. The van der Waals surface area contributed by atoms with Crippen LogP contribution in [-0.2, 0) is 28.1 Å². The van der Waals surface area contributed by atoms with Crippen molar-refractivity contribution in [2.45, 2.75) is 24.5 Å². The summed E-state index contributed by atoms with van der Waals surface area (Å²) in [5.41, 5.74) is -3.80. The normalized spacial score (nSPS) is 13.9. The van der Waals surface area contributed by atoms with Crippen molar-refractivity contribution in [2.24, 2.45) is 0 Å². The first-order valence-electron chi connectivity index (χ1n) is 7.29. The maximum absolute atomic E-state index is 12.8. The largest absolute Gasteiger partial charge is 0.633 e. The number of nitrogens with zero attached hydrogens (tertiary/aromatic N) is 1. The molecule has 0 atom stereocenters. The van der Waals surface area contributed by atoms with E-state index in [4.69, 9.17) is 0 Å². The first-order valence-corrected chi connectivity index (χ1v) is 8.94. The molecule has 0 unspecified atom stereocenters. The number of alkyl halides is 6. The van der Waals surface area contributed by atoms with Gasteiger partial charge in [-0.3, -0.25) is 0 Å². The van der Waals surface area contributed by atoms with Crippen molar-refractivity contribution in [1.82, 2.24) is 4.72 Å². The Bertz CT molecular complexity index is 691. The Hall–Kier alpha value is -1.37. The fraction of sp³-hybridized carbons (Fsp3) is 0.571. The van der Waals surface area contributed by atoms with E-state index in [1.807, 2.05) is 0 Å². The molecule has 26 heavy (non-hydrogen) atoms. The van der Waals surface area contributed by atoms with Crippen molar-refractivity contribution in [3.05, 3.63) is 40.1 Å². The summed E-state index contributed by atoms with van der Waals surface area (Å²) >= 11 is 0. The van der Waals surface area contributed by atoms with E-state index >= 15 is 0 Å². The molecule has 1 aromatic rings. The molecule has 1 N–H and O–H groups in total. The van der Waals surface area contributed by atoms with Gasteiger partial charge in [0.15, 0.2) is 0 Å². The molecule has 0 saturated heterocycles. The second kappa shape index (κ2) is 7.71. The summed E-state index contributed by atoms with van der Waals surface area (Å²) < 4.78 is 102. The molecule has 0 aliphatic heterocycles. The lowest BCUT2D eigenvalue weighted by Crippen LogP contribution is -2.36. The van der Waals surface area contributed by atoms with Gasteiger partial charge in [0.1, 0.15) is 0 Å². The molecule has 0 spiro atoms. The van der Waals surface area contributed by atoms with Crippen molar-refractivity contribution in [3.63, 3.8) is 0 Å². The molecule has 0 radical (unpaired) electrons. The summed E-state index contributed by atoms with van der Waals surface area (Å²) in [6.07, 6.45) is -9.94. The first kappa shape index (κ1) is 22.7. The smallest absolute Gasteiger partial charge is 0.416 e. The average molecular weight is 408 g/mol. The van der Waals surface area contributed by atoms with E-state index in [1.165, 1.54) is 14.1 Å². The van der Waals surface area contributed by atoms with Crippen molar-refractivity contribution in [2.75, 3.05) is 27.2 Å². The number of sulfonamides is 1. The Morgan fingerprint density at radius 1 is 1.00 bits per heavy atom. The van der Waals surface area contributed by atoms with Crippen LogP contribution in [0.25, 0.3) is 0 Å². The molecule has 0 aliphatic rings. The van der Waals surface area contributed by atoms with Crippen molar-refractivity contribution in [1.29, 1.82) is 0 Å². The number of hydroxylamine groups is 3. The summed E-state index contributed by atoms with van der Waals surface area (Å²) in [6.45, 7) is -0.0678. The van der Waals surface area contributed by atoms with Crippen LogP contribution >= 0.6 is 0 Å². The fourth-order valence-electron chi connectivity index (χ4n) is 2.06. The number of quaternary nitrogens is 1. The predicted octanol–water partition coefficient (Wildman–Crippen LogP) is 3.11. The van der Waals surface area contributed by atoms with Gasteiger partial charge in [-0.1, -0.05) is 0 Å². The Morgan fingerprint density at radius 2 is 1.46 bits per heavy atom. The summed E-state index contributed by atoms with van der Waals surface area (Å²) in [6, 6.07) is 0.663. The van der Waals surface area contributed by atoms with Crippen LogP contribution in [0.1, 0.15) is 23.1 Å². The number of benzene rings is 1.